The van der Waals surface area contributed by atoms with Crippen LogP contribution in [0.1, 0.15) is 38.6 Å². The molecule has 0 amide bonds. The van der Waals surface area contributed by atoms with Gasteiger partial charge in [-0.15, -0.1) is 0 Å². The summed E-state index contributed by atoms with van der Waals surface area (Å²) in [4.78, 5) is 25.6. The van der Waals surface area contributed by atoms with E-state index in [0.717, 1.165) is 12.3 Å². The molecule has 0 saturated heterocycles. The SMILES string of the molecule is CC(C)CO[C@H](C)c1noc(Cn2ccc(=O)c([N+](=O)[O-])c2)n1. The molecule has 0 aromatic carbocycles. The molecule has 0 radical (unpaired) electrons. The van der Waals surface area contributed by atoms with Gasteiger partial charge in [0.25, 0.3) is 5.43 Å². The van der Waals surface area contributed by atoms with Gasteiger partial charge in [0, 0.05) is 18.9 Å². The molecular weight excluding hydrogens is 304 g/mol. The van der Waals surface area contributed by atoms with Crippen LogP contribution in [0.4, 0.5) is 5.69 Å². The molecule has 0 saturated carbocycles. The first-order chi connectivity index (χ1) is 10.9. The Bertz CT molecular complexity index is 737. The van der Waals surface area contributed by atoms with Crippen molar-refractivity contribution < 1.29 is 14.2 Å². The summed E-state index contributed by atoms with van der Waals surface area (Å²) >= 11 is 0. The van der Waals surface area contributed by atoms with Crippen LogP contribution < -0.4 is 5.43 Å². The Morgan fingerprint density at radius 3 is 2.83 bits per heavy atom. The summed E-state index contributed by atoms with van der Waals surface area (Å²) in [7, 11) is 0. The fourth-order valence-corrected chi connectivity index (χ4v) is 1.81. The van der Waals surface area contributed by atoms with Gasteiger partial charge in [-0.1, -0.05) is 19.0 Å². The highest BCUT2D eigenvalue weighted by Gasteiger charge is 2.16. The third-order valence-electron chi connectivity index (χ3n) is 3.00. The van der Waals surface area contributed by atoms with Gasteiger partial charge < -0.3 is 13.8 Å². The third kappa shape index (κ3) is 4.46. The number of nitrogens with zero attached hydrogens (tertiary/aromatic N) is 4. The number of pyridine rings is 1. The molecule has 0 N–H and O–H groups in total. The molecule has 9 heteroatoms. The molecule has 0 unspecified atom stereocenters. The van der Waals surface area contributed by atoms with Gasteiger partial charge >= 0.3 is 5.69 Å². The average Bonchev–Trinajstić information content (AvgIpc) is 2.95. The Balaban J connectivity index is 2.08. The van der Waals surface area contributed by atoms with Crippen LogP contribution in [0.25, 0.3) is 0 Å². The lowest BCUT2D eigenvalue weighted by Gasteiger charge is -2.10. The third-order valence-corrected chi connectivity index (χ3v) is 3.00. The van der Waals surface area contributed by atoms with E-state index in [1.165, 1.54) is 10.8 Å². The Morgan fingerprint density at radius 1 is 1.43 bits per heavy atom. The Kier molecular flexibility index (Phi) is 5.22. The summed E-state index contributed by atoms with van der Waals surface area (Å²) in [6.07, 6.45) is 2.27. The van der Waals surface area contributed by atoms with Gasteiger partial charge in [-0.05, 0) is 12.8 Å². The Morgan fingerprint density at radius 2 is 2.17 bits per heavy atom. The fourth-order valence-electron chi connectivity index (χ4n) is 1.81. The Hall–Kier alpha value is -2.55. The van der Waals surface area contributed by atoms with E-state index in [-0.39, 0.29) is 18.5 Å². The van der Waals surface area contributed by atoms with Crippen molar-refractivity contribution in [1.29, 1.82) is 0 Å². The second-order valence-electron chi connectivity index (χ2n) is 5.54. The molecule has 0 bridgehead atoms. The molecule has 0 spiro atoms. The molecule has 1 atom stereocenters. The van der Waals surface area contributed by atoms with E-state index in [0.29, 0.717) is 18.3 Å². The monoisotopic (exact) mass is 322 g/mol. The van der Waals surface area contributed by atoms with Crippen molar-refractivity contribution in [2.45, 2.75) is 33.4 Å². The van der Waals surface area contributed by atoms with Crippen LogP contribution in [-0.2, 0) is 11.3 Å². The predicted molar refractivity (Wildman–Crippen MR) is 80.0 cm³/mol. The van der Waals surface area contributed by atoms with Crippen LogP contribution >= 0.6 is 0 Å². The first-order valence-corrected chi connectivity index (χ1v) is 7.15. The van der Waals surface area contributed by atoms with Crippen LogP contribution in [-0.4, -0.2) is 26.2 Å². The van der Waals surface area contributed by atoms with E-state index in [2.05, 4.69) is 10.1 Å². The van der Waals surface area contributed by atoms with Crippen molar-refractivity contribution in [1.82, 2.24) is 14.7 Å². The summed E-state index contributed by atoms with van der Waals surface area (Å²) in [5.41, 5.74) is -1.14. The highest BCUT2D eigenvalue weighted by atomic mass is 16.6. The minimum absolute atomic E-state index is 0.130. The highest BCUT2D eigenvalue weighted by Crippen LogP contribution is 2.15. The van der Waals surface area contributed by atoms with Crippen molar-refractivity contribution in [3.8, 4) is 0 Å². The average molecular weight is 322 g/mol. The summed E-state index contributed by atoms with van der Waals surface area (Å²) in [5, 5.41) is 14.6. The van der Waals surface area contributed by atoms with E-state index >= 15 is 0 Å². The molecule has 2 aromatic heterocycles. The molecule has 2 rings (SSSR count). The summed E-state index contributed by atoms with van der Waals surface area (Å²) in [5.74, 6) is 1.08. The van der Waals surface area contributed by atoms with Gasteiger partial charge in [-0.25, -0.2) is 0 Å². The minimum Gasteiger partial charge on any atom is -0.370 e. The van der Waals surface area contributed by atoms with E-state index in [1.54, 1.807) is 0 Å². The maximum Gasteiger partial charge on any atom is 0.332 e. The predicted octanol–water partition coefficient (Wildman–Crippen LogP) is 1.92. The van der Waals surface area contributed by atoms with Crippen LogP contribution in [0.2, 0.25) is 0 Å². The lowest BCUT2D eigenvalue weighted by Crippen LogP contribution is -2.11. The van der Waals surface area contributed by atoms with Crippen LogP contribution in [0, 0.1) is 16.0 Å². The first kappa shape index (κ1) is 16.8. The molecule has 9 nitrogen and oxygen atoms in total. The molecule has 2 heterocycles. The second-order valence-corrected chi connectivity index (χ2v) is 5.54. The zero-order valence-electron chi connectivity index (χ0n) is 13.1. The molecule has 2 aromatic rings. The normalized spacial score (nSPS) is 12.5. The van der Waals surface area contributed by atoms with Gasteiger partial charge in [-0.3, -0.25) is 14.9 Å². The lowest BCUT2D eigenvalue weighted by molar-refractivity contribution is -0.386. The van der Waals surface area contributed by atoms with Crippen molar-refractivity contribution in [2.75, 3.05) is 6.61 Å². The lowest BCUT2D eigenvalue weighted by atomic mass is 10.2. The number of hydrogen-bond acceptors (Lipinski definition) is 7. The summed E-state index contributed by atoms with van der Waals surface area (Å²) in [6.45, 7) is 6.61. The molecule has 0 aliphatic heterocycles. The van der Waals surface area contributed by atoms with Gasteiger partial charge in [0.05, 0.1) is 11.1 Å². The second kappa shape index (κ2) is 7.14. The van der Waals surface area contributed by atoms with Crippen molar-refractivity contribution >= 4 is 5.69 Å². The van der Waals surface area contributed by atoms with Gasteiger partial charge in [0.2, 0.25) is 5.89 Å². The van der Waals surface area contributed by atoms with Crippen LogP contribution in [0.15, 0.2) is 27.8 Å². The molecule has 0 aliphatic carbocycles. The quantitative estimate of drug-likeness (QED) is 0.565. The molecule has 0 fully saturated rings. The molecule has 23 heavy (non-hydrogen) atoms. The van der Waals surface area contributed by atoms with E-state index in [9.17, 15) is 14.9 Å². The van der Waals surface area contributed by atoms with Gasteiger partial charge in [0.1, 0.15) is 12.6 Å². The summed E-state index contributed by atoms with van der Waals surface area (Å²) < 4.78 is 12.2. The maximum absolute atomic E-state index is 11.4. The van der Waals surface area contributed by atoms with E-state index in [4.69, 9.17) is 9.26 Å². The number of nitro groups is 1. The number of hydrogen-bond donors (Lipinski definition) is 0. The smallest absolute Gasteiger partial charge is 0.332 e. The maximum atomic E-state index is 11.4. The first-order valence-electron chi connectivity index (χ1n) is 7.15. The molecular formula is C14H18N4O5. The zero-order chi connectivity index (χ0) is 17.0. The number of ether oxygens (including phenoxy) is 1. The van der Waals surface area contributed by atoms with Crippen molar-refractivity contribution in [2.24, 2.45) is 5.92 Å². The largest absolute Gasteiger partial charge is 0.370 e. The van der Waals surface area contributed by atoms with Gasteiger partial charge in [-0.2, -0.15) is 4.98 Å². The Labute approximate surface area is 132 Å². The van der Waals surface area contributed by atoms with E-state index in [1.807, 2.05) is 20.8 Å². The molecule has 0 aliphatic rings. The van der Waals surface area contributed by atoms with Crippen LogP contribution in [0.3, 0.4) is 0 Å². The fraction of sp³-hybridized carbons (Fsp3) is 0.500. The number of aromatic nitrogens is 3. The highest BCUT2D eigenvalue weighted by molar-refractivity contribution is 5.25. The van der Waals surface area contributed by atoms with Crippen LogP contribution in [0.5, 0.6) is 0 Å². The topological polar surface area (TPSA) is 113 Å². The van der Waals surface area contributed by atoms with Crippen molar-refractivity contribution in [3.05, 3.63) is 50.5 Å². The number of rotatable bonds is 7. The standard InChI is InChI=1S/C14H18N4O5/c1-9(2)8-22-10(3)14-15-13(23-16-14)7-17-5-4-12(19)11(6-17)18(20)21/h4-6,9-10H,7-8H2,1-3H3/t10-/m1/s1. The molecule has 124 valence electrons. The zero-order valence-corrected chi connectivity index (χ0v) is 13.1. The van der Waals surface area contributed by atoms with Crippen molar-refractivity contribution in [3.63, 3.8) is 0 Å². The van der Waals surface area contributed by atoms with Gasteiger partial charge in [0.15, 0.2) is 5.82 Å². The summed E-state index contributed by atoms with van der Waals surface area (Å²) in [6, 6.07) is 1.13. The minimum atomic E-state index is -0.722. The van der Waals surface area contributed by atoms with E-state index < -0.39 is 16.0 Å².